The van der Waals surface area contributed by atoms with Crippen LogP contribution >= 0.6 is 0 Å². The van der Waals surface area contributed by atoms with Gasteiger partial charge >= 0.3 is 23.9 Å². The van der Waals surface area contributed by atoms with E-state index < -0.39 is 29.1 Å². The van der Waals surface area contributed by atoms with Gasteiger partial charge < -0.3 is 18.9 Å². The zero-order valence-corrected chi connectivity index (χ0v) is 19.2. The molecule has 1 aliphatic heterocycles. The van der Waals surface area contributed by atoms with Crippen LogP contribution in [0.4, 0.5) is 0 Å². The van der Waals surface area contributed by atoms with Crippen molar-refractivity contribution in [3.63, 3.8) is 0 Å². The van der Waals surface area contributed by atoms with Crippen LogP contribution in [0.2, 0.25) is 0 Å². The molecule has 8 heteroatoms. The summed E-state index contributed by atoms with van der Waals surface area (Å²) in [6.07, 6.45) is 4.40. The zero-order chi connectivity index (χ0) is 23.7. The lowest BCUT2D eigenvalue weighted by atomic mass is 9.45. The minimum atomic E-state index is -1.05. The predicted molar refractivity (Wildman–Crippen MR) is 113 cm³/mol. The van der Waals surface area contributed by atoms with Gasteiger partial charge in [-0.1, -0.05) is 18.6 Å². The zero-order valence-electron chi connectivity index (χ0n) is 19.2. The number of hydrogen-bond acceptors (Lipinski definition) is 8. The molecule has 0 spiro atoms. The molecule has 0 aromatic carbocycles. The maximum Gasteiger partial charge on any atom is 0.334 e. The summed E-state index contributed by atoms with van der Waals surface area (Å²) >= 11 is 0. The number of hydrogen-bond donors (Lipinski definition) is 0. The minimum absolute atomic E-state index is 0.251. The smallest absolute Gasteiger partial charge is 0.334 e. The van der Waals surface area contributed by atoms with Crippen molar-refractivity contribution in [3.05, 3.63) is 23.8 Å². The molecule has 2 saturated carbocycles. The van der Waals surface area contributed by atoms with Crippen molar-refractivity contribution in [2.24, 2.45) is 22.7 Å². The van der Waals surface area contributed by atoms with Crippen molar-refractivity contribution in [1.29, 1.82) is 0 Å². The summed E-state index contributed by atoms with van der Waals surface area (Å²) in [7, 11) is 2.75. The first-order chi connectivity index (χ1) is 15.1. The maximum atomic E-state index is 13.4. The van der Waals surface area contributed by atoms with E-state index in [0.717, 1.165) is 5.57 Å². The summed E-state index contributed by atoms with van der Waals surface area (Å²) in [6.45, 7) is 7.39. The van der Waals surface area contributed by atoms with Crippen molar-refractivity contribution in [2.75, 3.05) is 14.2 Å². The molecule has 0 bridgehead atoms. The van der Waals surface area contributed by atoms with E-state index in [1.165, 1.54) is 27.2 Å². The van der Waals surface area contributed by atoms with Crippen LogP contribution in [0, 0.1) is 22.7 Å². The average molecular weight is 449 g/mol. The van der Waals surface area contributed by atoms with E-state index in [0.29, 0.717) is 50.5 Å². The van der Waals surface area contributed by atoms with Gasteiger partial charge in [-0.25, -0.2) is 4.79 Å². The lowest BCUT2D eigenvalue weighted by molar-refractivity contribution is -0.185. The van der Waals surface area contributed by atoms with Gasteiger partial charge in [-0.3, -0.25) is 14.4 Å². The van der Waals surface area contributed by atoms with Gasteiger partial charge in [0.2, 0.25) is 0 Å². The third-order valence-corrected chi connectivity index (χ3v) is 7.59. The number of cyclic esters (lactones) is 1. The van der Waals surface area contributed by atoms with Crippen LogP contribution in [0.15, 0.2) is 23.8 Å². The van der Waals surface area contributed by atoms with Gasteiger partial charge in [-0.2, -0.15) is 0 Å². The van der Waals surface area contributed by atoms with Crippen molar-refractivity contribution < 1.29 is 38.1 Å². The Hall–Kier alpha value is -2.64. The lowest BCUT2D eigenvalue weighted by Gasteiger charge is -2.56. The van der Waals surface area contributed by atoms with Gasteiger partial charge in [-0.15, -0.1) is 0 Å². The summed E-state index contributed by atoms with van der Waals surface area (Å²) in [5, 5.41) is 0. The second kappa shape index (κ2) is 9.08. The van der Waals surface area contributed by atoms with Crippen LogP contribution in [0.5, 0.6) is 0 Å². The fraction of sp³-hybridized carbons (Fsp3) is 0.667. The first-order valence-corrected chi connectivity index (χ1v) is 11.0. The lowest BCUT2D eigenvalue weighted by Crippen LogP contribution is -2.58. The van der Waals surface area contributed by atoms with Crippen molar-refractivity contribution >= 4 is 23.9 Å². The Morgan fingerprint density at radius 3 is 2.50 bits per heavy atom. The van der Waals surface area contributed by atoms with E-state index in [1.807, 2.05) is 6.92 Å². The molecule has 5 unspecified atom stereocenters. The normalized spacial score (nSPS) is 34.1. The maximum absolute atomic E-state index is 13.4. The monoisotopic (exact) mass is 448 g/mol. The van der Waals surface area contributed by atoms with Gasteiger partial charge in [0.1, 0.15) is 0 Å². The van der Waals surface area contributed by atoms with Gasteiger partial charge in [-0.05, 0) is 57.3 Å². The standard InChI is InChI=1S/C24H32O8/c1-14-7-10-18-23(3,21(27)29-4)11-6-12-24(18,22(28)30-5)17(14)9-8-16-13-19(26)32-20(16)31-15(2)25/h13,17-18,20H,1,6-12H2,2-5H3. The molecule has 8 nitrogen and oxygen atoms in total. The molecule has 32 heavy (non-hydrogen) atoms. The highest BCUT2D eigenvalue weighted by molar-refractivity contribution is 5.86. The third-order valence-electron chi connectivity index (χ3n) is 7.59. The van der Waals surface area contributed by atoms with E-state index in [-0.39, 0.29) is 23.8 Å². The summed E-state index contributed by atoms with van der Waals surface area (Å²) in [6, 6.07) is 0. The Balaban J connectivity index is 1.94. The van der Waals surface area contributed by atoms with Crippen LogP contribution in [-0.2, 0) is 38.1 Å². The van der Waals surface area contributed by atoms with Crippen LogP contribution < -0.4 is 0 Å². The first kappa shape index (κ1) is 24.0. The summed E-state index contributed by atoms with van der Waals surface area (Å²) < 4.78 is 20.6. The van der Waals surface area contributed by atoms with Crippen molar-refractivity contribution in [2.45, 2.75) is 65.1 Å². The molecule has 3 rings (SSSR count). The number of esters is 4. The second-order valence-electron chi connectivity index (χ2n) is 9.23. The highest BCUT2D eigenvalue weighted by Crippen LogP contribution is 2.63. The molecule has 0 amide bonds. The van der Waals surface area contributed by atoms with Gasteiger partial charge in [0, 0.05) is 18.6 Å². The van der Waals surface area contributed by atoms with Gasteiger partial charge in [0.15, 0.2) is 0 Å². The van der Waals surface area contributed by atoms with Gasteiger partial charge in [0.25, 0.3) is 6.29 Å². The van der Waals surface area contributed by atoms with Crippen LogP contribution in [0.1, 0.15) is 58.8 Å². The summed E-state index contributed by atoms with van der Waals surface area (Å²) in [5.74, 6) is -2.27. The molecule has 0 N–H and O–H groups in total. The molecule has 176 valence electrons. The molecule has 0 radical (unpaired) electrons. The average Bonchev–Trinajstić information content (AvgIpc) is 3.09. The second-order valence-corrected chi connectivity index (χ2v) is 9.23. The van der Waals surface area contributed by atoms with E-state index in [9.17, 15) is 19.2 Å². The quantitative estimate of drug-likeness (QED) is 0.346. The summed E-state index contributed by atoms with van der Waals surface area (Å²) in [4.78, 5) is 49.3. The number of carbonyl (C=O) groups excluding carboxylic acids is 4. The molecule has 3 aliphatic rings. The topological polar surface area (TPSA) is 105 Å². The highest BCUT2D eigenvalue weighted by atomic mass is 16.7. The van der Waals surface area contributed by atoms with Crippen LogP contribution in [0.3, 0.4) is 0 Å². The molecular weight excluding hydrogens is 416 g/mol. The Morgan fingerprint density at radius 1 is 1.19 bits per heavy atom. The molecule has 0 aromatic rings. The fourth-order valence-electron chi connectivity index (χ4n) is 6.23. The number of allylic oxidation sites excluding steroid dienone is 1. The molecule has 1 heterocycles. The first-order valence-electron chi connectivity index (χ1n) is 11.0. The molecule has 2 fully saturated rings. The van der Waals surface area contributed by atoms with Crippen LogP contribution in [-0.4, -0.2) is 44.4 Å². The molecule has 0 saturated heterocycles. The van der Waals surface area contributed by atoms with Crippen LogP contribution in [0.25, 0.3) is 0 Å². The molecular formula is C24H32O8. The number of methoxy groups -OCH3 is 2. The largest absolute Gasteiger partial charge is 0.469 e. The third kappa shape index (κ3) is 3.95. The molecule has 5 atom stereocenters. The highest BCUT2D eigenvalue weighted by Gasteiger charge is 2.64. The number of rotatable bonds is 6. The molecule has 0 aromatic heterocycles. The number of carbonyl (C=O) groups is 4. The Labute approximate surface area is 188 Å². The SMILES string of the molecule is C=C1CCC2C(C)(C(=O)OC)CCCC2(C(=O)OC)C1CCC1=CC(=O)OC1OC(C)=O. The number of ether oxygens (including phenoxy) is 4. The number of fused-ring (bicyclic) bond motifs is 1. The van der Waals surface area contributed by atoms with E-state index in [2.05, 4.69) is 6.58 Å². The predicted octanol–water partition coefficient (Wildman–Crippen LogP) is 3.24. The Morgan fingerprint density at radius 2 is 1.88 bits per heavy atom. The van der Waals surface area contributed by atoms with E-state index >= 15 is 0 Å². The minimum Gasteiger partial charge on any atom is -0.469 e. The van der Waals surface area contributed by atoms with Gasteiger partial charge in [0.05, 0.1) is 25.0 Å². The van der Waals surface area contributed by atoms with Crippen molar-refractivity contribution in [3.8, 4) is 0 Å². The van der Waals surface area contributed by atoms with E-state index in [1.54, 1.807) is 0 Å². The summed E-state index contributed by atoms with van der Waals surface area (Å²) in [5.41, 5.74) is -0.236. The molecule has 2 aliphatic carbocycles. The Kier molecular flexibility index (Phi) is 6.81. The van der Waals surface area contributed by atoms with E-state index in [4.69, 9.17) is 18.9 Å². The Bertz CT molecular complexity index is 858. The van der Waals surface area contributed by atoms with Crippen molar-refractivity contribution in [1.82, 2.24) is 0 Å². The fourth-order valence-corrected chi connectivity index (χ4v) is 6.23.